The van der Waals surface area contributed by atoms with Crippen molar-refractivity contribution in [3.63, 3.8) is 0 Å². The number of terminal acetylenes is 1. The largest absolute Gasteiger partial charge is 0.497 e. The van der Waals surface area contributed by atoms with E-state index in [1.165, 1.54) is 0 Å². The number of rotatable bonds is 14. The van der Waals surface area contributed by atoms with Crippen LogP contribution in [0.5, 0.6) is 5.75 Å². The molecule has 1 aromatic carbocycles. The minimum Gasteiger partial charge on any atom is -0.497 e. The maximum atomic E-state index is 12.2. The number of methoxy groups -OCH3 is 1. The summed E-state index contributed by atoms with van der Waals surface area (Å²) < 4.78 is 18.1. The monoisotopic (exact) mass is 532 g/mol. The highest BCUT2D eigenvalue weighted by molar-refractivity contribution is 6.77. The van der Waals surface area contributed by atoms with Gasteiger partial charge in [-0.3, -0.25) is 0 Å². The van der Waals surface area contributed by atoms with Gasteiger partial charge in [0.25, 0.3) is 0 Å². The predicted octanol–water partition coefficient (Wildman–Crippen LogP) is 6.72. The Morgan fingerprint density at radius 2 is 1.65 bits per heavy atom. The lowest BCUT2D eigenvalue weighted by atomic mass is 9.55. The molecule has 0 amide bonds. The van der Waals surface area contributed by atoms with Crippen LogP contribution in [0.3, 0.4) is 0 Å². The molecule has 4 atom stereocenters. The van der Waals surface area contributed by atoms with Crippen LogP contribution in [0.4, 0.5) is 0 Å². The van der Waals surface area contributed by atoms with Gasteiger partial charge in [0, 0.05) is 31.0 Å². The van der Waals surface area contributed by atoms with Crippen LogP contribution in [0.2, 0.25) is 16.6 Å². The van der Waals surface area contributed by atoms with Crippen molar-refractivity contribution in [3.05, 3.63) is 29.8 Å². The summed E-state index contributed by atoms with van der Waals surface area (Å²) in [6.07, 6.45) is 8.11. The van der Waals surface area contributed by atoms with Crippen molar-refractivity contribution in [1.82, 2.24) is 0 Å². The van der Waals surface area contributed by atoms with E-state index in [0.717, 1.165) is 17.7 Å². The van der Waals surface area contributed by atoms with E-state index in [-0.39, 0.29) is 12.3 Å². The van der Waals surface area contributed by atoms with Gasteiger partial charge in [-0.2, -0.15) is 0 Å². The van der Waals surface area contributed by atoms with Crippen LogP contribution >= 0.6 is 0 Å². The molecule has 6 heteroatoms. The van der Waals surface area contributed by atoms with Crippen molar-refractivity contribution < 1.29 is 24.1 Å². The Morgan fingerprint density at radius 1 is 1.05 bits per heavy atom. The Bertz CT molecular complexity index is 840. The van der Waals surface area contributed by atoms with Crippen molar-refractivity contribution in [2.75, 3.05) is 20.3 Å². The number of aliphatic hydroxyl groups excluding tert-OH is 1. The number of aliphatic hydroxyl groups is 2. The van der Waals surface area contributed by atoms with E-state index in [1.807, 2.05) is 31.2 Å². The minimum absolute atomic E-state index is 0.111. The highest BCUT2D eigenvalue weighted by Crippen LogP contribution is 2.53. The lowest BCUT2D eigenvalue weighted by Gasteiger charge is -2.56. The van der Waals surface area contributed by atoms with Gasteiger partial charge in [0.15, 0.2) is 8.32 Å². The number of hydrogen-bond acceptors (Lipinski definition) is 5. The Balaban J connectivity index is 2.11. The average molecular weight is 533 g/mol. The van der Waals surface area contributed by atoms with E-state index >= 15 is 0 Å². The molecule has 1 aliphatic rings. The molecule has 5 nitrogen and oxygen atoms in total. The Morgan fingerprint density at radius 3 is 2.16 bits per heavy atom. The molecule has 0 radical (unpaired) electrons. The first-order valence-corrected chi connectivity index (χ1v) is 16.2. The predicted molar refractivity (Wildman–Crippen MR) is 154 cm³/mol. The van der Waals surface area contributed by atoms with E-state index in [1.54, 1.807) is 7.11 Å². The fraction of sp³-hybridized carbons (Fsp3) is 0.742. The van der Waals surface area contributed by atoms with E-state index < -0.39 is 25.4 Å². The molecule has 37 heavy (non-hydrogen) atoms. The smallest absolute Gasteiger partial charge is 0.200 e. The molecule has 0 aliphatic heterocycles. The first-order valence-electron chi connectivity index (χ1n) is 14.1. The van der Waals surface area contributed by atoms with Gasteiger partial charge in [-0.15, -0.1) is 12.3 Å². The molecule has 0 saturated heterocycles. The topological polar surface area (TPSA) is 68.2 Å². The molecule has 0 aromatic heterocycles. The normalized spacial score (nSPS) is 26.6. The van der Waals surface area contributed by atoms with E-state index in [0.29, 0.717) is 55.7 Å². The third-order valence-corrected chi connectivity index (χ3v) is 15.3. The zero-order chi connectivity index (χ0) is 27.9. The quantitative estimate of drug-likeness (QED) is 0.158. The highest BCUT2D eigenvalue weighted by Gasteiger charge is 2.58. The van der Waals surface area contributed by atoms with Crippen molar-refractivity contribution >= 4 is 8.32 Å². The fourth-order valence-electron chi connectivity index (χ4n) is 6.98. The van der Waals surface area contributed by atoms with Gasteiger partial charge in [0.2, 0.25) is 0 Å². The number of benzene rings is 1. The first kappa shape index (κ1) is 31.9. The second-order valence-electron chi connectivity index (χ2n) is 12.1. The summed E-state index contributed by atoms with van der Waals surface area (Å²) in [5.74, 6) is 3.45. The molecule has 2 N–H and O–H groups in total. The summed E-state index contributed by atoms with van der Waals surface area (Å²) in [7, 11) is -0.434. The van der Waals surface area contributed by atoms with Crippen molar-refractivity contribution in [2.24, 2.45) is 11.3 Å². The third-order valence-electron chi connectivity index (χ3n) is 9.21. The molecule has 210 valence electrons. The molecule has 2 rings (SSSR count). The zero-order valence-corrected chi connectivity index (χ0v) is 25.5. The molecular formula is C31H52O5Si. The summed E-state index contributed by atoms with van der Waals surface area (Å²) in [6, 6.07) is 7.84. The molecule has 1 saturated carbocycles. The molecule has 1 aromatic rings. The van der Waals surface area contributed by atoms with Crippen molar-refractivity contribution in [3.8, 4) is 18.1 Å². The van der Waals surface area contributed by atoms with Gasteiger partial charge in [-0.1, -0.05) is 60.6 Å². The van der Waals surface area contributed by atoms with Crippen LogP contribution in [0, 0.1) is 23.7 Å². The Labute approximate surface area is 227 Å². The van der Waals surface area contributed by atoms with E-state index in [9.17, 15) is 10.2 Å². The molecule has 1 fully saturated rings. The number of ether oxygens (including phenoxy) is 2. The van der Waals surface area contributed by atoms with Crippen molar-refractivity contribution in [2.45, 2.75) is 116 Å². The summed E-state index contributed by atoms with van der Waals surface area (Å²) in [5.41, 5.74) is 0.566. The van der Waals surface area contributed by atoms with Crippen LogP contribution in [0.1, 0.15) is 86.1 Å². The van der Waals surface area contributed by atoms with Crippen LogP contribution in [-0.2, 0) is 15.8 Å². The summed E-state index contributed by atoms with van der Waals surface area (Å²) >= 11 is 0. The first-order chi connectivity index (χ1) is 17.4. The van der Waals surface area contributed by atoms with E-state index in [2.05, 4.69) is 47.5 Å². The maximum Gasteiger partial charge on any atom is 0.200 e. The minimum atomic E-state index is -2.09. The third kappa shape index (κ3) is 6.80. The average Bonchev–Trinajstić information content (AvgIpc) is 2.84. The maximum absolute atomic E-state index is 12.2. The molecule has 1 aliphatic carbocycles. The van der Waals surface area contributed by atoms with Gasteiger partial charge in [-0.05, 0) is 60.0 Å². The fourth-order valence-corrected chi connectivity index (χ4v) is 12.5. The SMILES string of the molecule is C#CC[C@]1(O)[C@@H](CO[Si](C(C)C)(C(C)C)C(C)C)CC[C@@H](O)[C@@]1(C)CCCOCc1ccc(OC)cc1. The van der Waals surface area contributed by atoms with E-state index in [4.69, 9.17) is 20.3 Å². The number of hydrogen-bond donors (Lipinski definition) is 2. The summed E-state index contributed by atoms with van der Waals surface area (Å²) in [5, 5.41) is 23.4. The molecule has 0 spiro atoms. The standard InChI is InChI=1S/C31H52O5Si/c1-10-18-31(33)27(22-36-37(23(2)3,24(4)5)25(6)7)14-17-29(32)30(31,8)19-11-20-35-21-26-12-15-28(34-9)16-13-26/h1,12-13,15-16,23-25,27,29,32-33H,11,14,17-22H2,2-9H3/t27-,29-,30-,31+/m1/s1. The van der Waals surface area contributed by atoms with Gasteiger partial charge in [-0.25, -0.2) is 0 Å². The molecule has 0 bridgehead atoms. The summed E-state index contributed by atoms with van der Waals surface area (Å²) in [6.45, 7) is 17.2. The second kappa shape index (κ2) is 13.6. The molecule has 0 unspecified atom stereocenters. The summed E-state index contributed by atoms with van der Waals surface area (Å²) in [4.78, 5) is 0. The van der Waals surface area contributed by atoms with Crippen LogP contribution in [0.25, 0.3) is 0 Å². The lowest BCUT2D eigenvalue weighted by Crippen LogP contribution is -2.62. The second-order valence-corrected chi connectivity index (χ2v) is 17.6. The molecule has 0 heterocycles. The van der Waals surface area contributed by atoms with Crippen LogP contribution in [0.15, 0.2) is 24.3 Å². The van der Waals surface area contributed by atoms with Crippen LogP contribution in [-0.4, -0.2) is 50.6 Å². The van der Waals surface area contributed by atoms with Crippen molar-refractivity contribution in [1.29, 1.82) is 0 Å². The van der Waals surface area contributed by atoms with Gasteiger partial charge < -0.3 is 24.1 Å². The highest BCUT2D eigenvalue weighted by atomic mass is 28.4. The molecular weight excluding hydrogens is 480 g/mol. The van der Waals surface area contributed by atoms with Gasteiger partial charge in [0.05, 0.1) is 25.4 Å². The zero-order valence-electron chi connectivity index (χ0n) is 24.5. The van der Waals surface area contributed by atoms with Gasteiger partial charge >= 0.3 is 0 Å². The lowest BCUT2D eigenvalue weighted by molar-refractivity contribution is -0.203. The van der Waals surface area contributed by atoms with Gasteiger partial charge in [0.1, 0.15) is 5.75 Å². The Hall–Kier alpha value is -1.36. The van der Waals surface area contributed by atoms with Crippen LogP contribution < -0.4 is 4.74 Å². The Kier molecular flexibility index (Phi) is 11.7.